The van der Waals surface area contributed by atoms with Gasteiger partial charge in [-0.3, -0.25) is 9.78 Å². The monoisotopic (exact) mass is 425 g/mol. The Hall–Kier alpha value is -3.36. The van der Waals surface area contributed by atoms with Gasteiger partial charge < -0.3 is 5.11 Å². The summed E-state index contributed by atoms with van der Waals surface area (Å²) >= 11 is 0. The fourth-order valence-electron chi connectivity index (χ4n) is 2.94. The molecule has 3 rings (SSSR count). The van der Waals surface area contributed by atoms with Gasteiger partial charge in [0.15, 0.2) is 0 Å². The van der Waals surface area contributed by atoms with E-state index in [-0.39, 0.29) is 27.9 Å². The normalized spacial score (nSPS) is 12.1. The number of halogens is 6. The number of benzene rings is 2. The number of aromatic nitrogens is 1. The highest BCUT2D eigenvalue weighted by atomic mass is 19.4. The maximum Gasteiger partial charge on any atom is 0.416 e. The van der Waals surface area contributed by atoms with Gasteiger partial charge in [-0.1, -0.05) is 24.3 Å². The van der Waals surface area contributed by atoms with E-state index in [1.807, 2.05) is 0 Å². The Kier molecular flexibility index (Phi) is 5.56. The molecule has 1 aromatic heterocycles. The molecule has 0 aliphatic carbocycles. The average Bonchev–Trinajstić information content (AvgIpc) is 2.66. The zero-order valence-corrected chi connectivity index (χ0v) is 15.1. The minimum absolute atomic E-state index is 0.0132. The van der Waals surface area contributed by atoms with Crippen molar-refractivity contribution in [3.63, 3.8) is 0 Å². The number of rotatable bonds is 4. The highest BCUT2D eigenvalue weighted by molar-refractivity contribution is 5.77. The number of pyridine rings is 1. The summed E-state index contributed by atoms with van der Waals surface area (Å²) in [6, 6.07) is 9.97. The molecule has 3 aromatic rings. The molecule has 0 fully saturated rings. The summed E-state index contributed by atoms with van der Waals surface area (Å²) in [5, 5.41) is 9.18. The van der Waals surface area contributed by atoms with Crippen molar-refractivity contribution in [2.45, 2.75) is 18.8 Å². The molecule has 0 radical (unpaired) electrons. The summed E-state index contributed by atoms with van der Waals surface area (Å²) in [7, 11) is 0. The molecule has 1 heterocycles. The quantitative estimate of drug-likeness (QED) is 0.516. The Bertz CT molecular complexity index is 1090. The van der Waals surface area contributed by atoms with Crippen LogP contribution in [-0.2, 0) is 23.6 Å². The van der Waals surface area contributed by atoms with E-state index in [4.69, 9.17) is 0 Å². The summed E-state index contributed by atoms with van der Waals surface area (Å²) in [5.74, 6) is -1.26. The second-order valence-corrected chi connectivity index (χ2v) is 6.46. The molecule has 0 amide bonds. The van der Waals surface area contributed by atoms with Gasteiger partial charge in [0.2, 0.25) is 0 Å². The Balaban J connectivity index is 2.11. The molecule has 9 heteroatoms. The molecule has 0 saturated heterocycles. The number of hydrogen-bond donors (Lipinski definition) is 1. The van der Waals surface area contributed by atoms with Gasteiger partial charge in [-0.2, -0.15) is 26.3 Å². The number of aliphatic carboxylic acids is 1. The van der Waals surface area contributed by atoms with Crippen LogP contribution >= 0.6 is 0 Å². The highest BCUT2D eigenvalue weighted by Gasteiger charge is 2.31. The Morgan fingerprint density at radius 3 is 1.87 bits per heavy atom. The van der Waals surface area contributed by atoms with Crippen LogP contribution in [0, 0.1) is 0 Å². The smallest absolute Gasteiger partial charge is 0.416 e. The SMILES string of the molecule is O=C(O)Cc1cc(-c2cccc(C(F)(F)F)c2)cnc1-c1cccc(C(F)(F)F)c1. The molecule has 0 aliphatic heterocycles. The minimum Gasteiger partial charge on any atom is -0.481 e. The lowest BCUT2D eigenvalue weighted by atomic mass is 9.97. The number of nitrogens with zero attached hydrogens (tertiary/aromatic N) is 1. The van der Waals surface area contributed by atoms with Gasteiger partial charge in [0, 0.05) is 17.3 Å². The lowest BCUT2D eigenvalue weighted by Crippen LogP contribution is -2.07. The topological polar surface area (TPSA) is 50.2 Å². The molecule has 1 N–H and O–H groups in total. The molecule has 0 unspecified atom stereocenters. The fourth-order valence-corrected chi connectivity index (χ4v) is 2.94. The molecule has 0 bridgehead atoms. The van der Waals surface area contributed by atoms with Gasteiger partial charge in [0.1, 0.15) is 0 Å². The van der Waals surface area contributed by atoms with Crippen LogP contribution in [0.25, 0.3) is 22.4 Å². The minimum atomic E-state index is -4.60. The van der Waals surface area contributed by atoms with Crippen molar-refractivity contribution in [1.82, 2.24) is 4.98 Å². The summed E-state index contributed by atoms with van der Waals surface area (Å²) in [5.41, 5.74) is -1.30. The number of carboxylic acid groups (broad SMARTS) is 1. The first kappa shape index (κ1) is 21.4. The molecule has 0 spiro atoms. The molecule has 0 saturated carbocycles. The van der Waals surface area contributed by atoms with Crippen molar-refractivity contribution in [3.8, 4) is 22.4 Å². The first-order valence-corrected chi connectivity index (χ1v) is 8.51. The van der Waals surface area contributed by atoms with Gasteiger partial charge in [-0.15, -0.1) is 0 Å². The van der Waals surface area contributed by atoms with Crippen LogP contribution in [0.3, 0.4) is 0 Å². The van der Waals surface area contributed by atoms with Crippen molar-refractivity contribution in [1.29, 1.82) is 0 Å². The van der Waals surface area contributed by atoms with Crippen LogP contribution in [0.15, 0.2) is 60.8 Å². The van der Waals surface area contributed by atoms with E-state index < -0.39 is 35.9 Å². The second kappa shape index (κ2) is 7.81. The van der Waals surface area contributed by atoms with Gasteiger partial charge in [-0.25, -0.2) is 0 Å². The third kappa shape index (κ3) is 4.79. The largest absolute Gasteiger partial charge is 0.481 e. The van der Waals surface area contributed by atoms with E-state index in [1.54, 1.807) is 0 Å². The lowest BCUT2D eigenvalue weighted by Gasteiger charge is -2.13. The Morgan fingerprint density at radius 1 is 0.800 bits per heavy atom. The van der Waals surface area contributed by atoms with E-state index in [2.05, 4.69) is 4.98 Å². The third-order valence-corrected chi connectivity index (χ3v) is 4.29. The zero-order chi connectivity index (χ0) is 22.1. The molecule has 2 aromatic carbocycles. The maximum absolute atomic E-state index is 13.0. The van der Waals surface area contributed by atoms with Crippen LogP contribution in [-0.4, -0.2) is 16.1 Å². The molecule has 3 nitrogen and oxygen atoms in total. The average molecular weight is 425 g/mol. The number of carboxylic acids is 1. The van der Waals surface area contributed by atoms with Gasteiger partial charge in [-0.05, 0) is 41.5 Å². The first-order chi connectivity index (χ1) is 13.9. The summed E-state index contributed by atoms with van der Waals surface area (Å²) in [6.45, 7) is 0. The van der Waals surface area contributed by atoms with Crippen molar-refractivity contribution < 1.29 is 36.2 Å². The predicted molar refractivity (Wildman–Crippen MR) is 96.5 cm³/mol. The molecular weight excluding hydrogens is 412 g/mol. The van der Waals surface area contributed by atoms with Crippen LogP contribution in [0.4, 0.5) is 26.3 Å². The standard InChI is InChI=1S/C21H13F6NO2/c22-20(23,24)16-5-1-3-12(8-16)15-7-14(10-18(29)30)19(28-11-15)13-4-2-6-17(9-13)21(25,26)27/h1-9,11H,10H2,(H,29,30). The van der Waals surface area contributed by atoms with Gasteiger partial charge in [0.05, 0.1) is 23.2 Å². The number of hydrogen-bond acceptors (Lipinski definition) is 2. The zero-order valence-electron chi connectivity index (χ0n) is 15.1. The van der Waals surface area contributed by atoms with E-state index in [9.17, 15) is 36.2 Å². The van der Waals surface area contributed by atoms with E-state index in [0.717, 1.165) is 24.3 Å². The lowest BCUT2D eigenvalue weighted by molar-refractivity contribution is -0.138. The summed E-state index contributed by atoms with van der Waals surface area (Å²) in [6.07, 6.45) is -8.52. The van der Waals surface area contributed by atoms with Crippen molar-refractivity contribution >= 4 is 5.97 Å². The maximum atomic E-state index is 13.0. The van der Waals surface area contributed by atoms with Gasteiger partial charge in [0.25, 0.3) is 0 Å². The Labute approximate surface area is 166 Å². The van der Waals surface area contributed by atoms with Crippen LogP contribution < -0.4 is 0 Å². The predicted octanol–water partition coefficient (Wildman–Crippen LogP) is 6.08. The third-order valence-electron chi connectivity index (χ3n) is 4.29. The van der Waals surface area contributed by atoms with Crippen molar-refractivity contribution in [2.75, 3.05) is 0 Å². The van der Waals surface area contributed by atoms with Crippen LogP contribution in [0.2, 0.25) is 0 Å². The van der Waals surface area contributed by atoms with E-state index in [1.165, 1.54) is 36.5 Å². The van der Waals surface area contributed by atoms with Crippen molar-refractivity contribution in [3.05, 3.63) is 77.5 Å². The molecular formula is C21H13F6NO2. The summed E-state index contributed by atoms with van der Waals surface area (Å²) < 4.78 is 77.9. The van der Waals surface area contributed by atoms with E-state index in [0.29, 0.717) is 0 Å². The van der Waals surface area contributed by atoms with Crippen LogP contribution in [0.5, 0.6) is 0 Å². The van der Waals surface area contributed by atoms with Crippen LogP contribution in [0.1, 0.15) is 16.7 Å². The fraction of sp³-hybridized carbons (Fsp3) is 0.143. The highest BCUT2D eigenvalue weighted by Crippen LogP contribution is 2.35. The number of carbonyl (C=O) groups is 1. The molecule has 0 atom stereocenters. The number of alkyl halides is 6. The van der Waals surface area contributed by atoms with E-state index >= 15 is 0 Å². The second-order valence-electron chi connectivity index (χ2n) is 6.46. The van der Waals surface area contributed by atoms with Gasteiger partial charge >= 0.3 is 18.3 Å². The first-order valence-electron chi connectivity index (χ1n) is 8.51. The molecule has 30 heavy (non-hydrogen) atoms. The Morgan fingerprint density at radius 2 is 1.33 bits per heavy atom. The molecule has 0 aliphatic rings. The summed E-state index contributed by atoms with van der Waals surface area (Å²) in [4.78, 5) is 15.3. The molecule has 156 valence electrons. The van der Waals surface area contributed by atoms with Crippen molar-refractivity contribution in [2.24, 2.45) is 0 Å².